The SMILES string of the molecule is CCCCC(Cl)c1cc(Cl)sc1Cl. The molecule has 0 aliphatic carbocycles. The van der Waals surface area contributed by atoms with E-state index in [1.165, 1.54) is 11.3 Å². The fraction of sp³-hybridized carbons (Fsp3) is 0.556. The van der Waals surface area contributed by atoms with Crippen molar-refractivity contribution in [2.75, 3.05) is 0 Å². The van der Waals surface area contributed by atoms with Gasteiger partial charge in [0.25, 0.3) is 0 Å². The molecule has 1 aromatic heterocycles. The number of alkyl halides is 1. The zero-order chi connectivity index (χ0) is 9.84. The molecule has 0 fully saturated rings. The molecule has 1 rings (SSSR count). The lowest BCUT2D eigenvalue weighted by Gasteiger charge is -2.06. The van der Waals surface area contributed by atoms with Crippen molar-refractivity contribution >= 4 is 46.1 Å². The van der Waals surface area contributed by atoms with Crippen LogP contribution >= 0.6 is 46.1 Å². The number of unbranched alkanes of at least 4 members (excludes halogenated alkanes) is 1. The van der Waals surface area contributed by atoms with Crippen molar-refractivity contribution in [3.63, 3.8) is 0 Å². The van der Waals surface area contributed by atoms with E-state index in [1.54, 1.807) is 0 Å². The minimum atomic E-state index is 0.0104. The van der Waals surface area contributed by atoms with Crippen LogP contribution in [-0.4, -0.2) is 0 Å². The van der Waals surface area contributed by atoms with Crippen LogP contribution in [0, 0.1) is 0 Å². The van der Waals surface area contributed by atoms with Crippen LogP contribution in [0.3, 0.4) is 0 Å². The van der Waals surface area contributed by atoms with E-state index in [4.69, 9.17) is 34.8 Å². The summed E-state index contributed by atoms with van der Waals surface area (Å²) in [6.45, 7) is 2.14. The average molecular weight is 258 g/mol. The van der Waals surface area contributed by atoms with Gasteiger partial charge in [0.1, 0.15) is 0 Å². The third-order valence-corrected chi connectivity index (χ3v) is 3.80. The molecule has 1 atom stereocenters. The van der Waals surface area contributed by atoms with Gasteiger partial charge in [-0.25, -0.2) is 0 Å². The van der Waals surface area contributed by atoms with Crippen LogP contribution in [0.25, 0.3) is 0 Å². The predicted molar refractivity (Wildman–Crippen MR) is 62.5 cm³/mol. The van der Waals surface area contributed by atoms with Crippen LogP contribution in [0.2, 0.25) is 8.67 Å². The van der Waals surface area contributed by atoms with Crippen LogP contribution < -0.4 is 0 Å². The van der Waals surface area contributed by atoms with Crippen molar-refractivity contribution in [1.82, 2.24) is 0 Å². The molecule has 1 aromatic rings. The summed E-state index contributed by atoms with van der Waals surface area (Å²) in [5.41, 5.74) is 0.979. The van der Waals surface area contributed by atoms with Crippen molar-refractivity contribution in [2.24, 2.45) is 0 Å². The maximum atomic E-state index is 6.17. The van der Waals surface area contributed by atoms with Gasteiger partial charge >= 0.3 is 0 Å². The van der Waals surface area contributed by atoms with Crippen molar-refractivity contribution < 1.29 is 0 Å². The Balaban J connectivity index is 2.64. The Labute approximate surface area is 97.8 Å². The van der Waals surface area contributed by atoms with E-state index in [2.05, 4.69) is 6.92 Å². The van der Waals surface area contributed by atoms with Gasteiger partial charge in [0.05, 0.1) is 14.0 Å². The number of thiophene rings is 1. The molecule has 0 aromatic carbocycles. The third kappa shape index (κ3) is 3.32. The van der Waals surface area contributed by atoms with E-state index >= 15 is 0 Å². The van der Waals surface area contributed by atoms with Crippen LogP contribution in [0.15, 0.2) is 6.07 Å². The highest BCUT2D eigenvalue weighted by molar-refractivity contribution is 7.20. The Morgan fingerprint density at radius 2 is 2.15 bits per heavy atom. The minimum Gasteiger partial charge on any atom is -0.118 e. The monoisotopic (exact) mass is 256 g/mol. The maximum Gasteiger partial charge on any atom is 0.0991 e. The summed E-state index contributed by atoms with van der Waals surface area (Å²) < 4.78 is 1.43. The Morgan fingerprint density at radius 3 is 2.62 bits per heavy atom. The highest BCUT2D eigenvalue weighted by Gasteiger charge is 2.14. The predicted octanol–water partition coefficient (Wildman–Crippen LogP) is 5.53. The second-order valence-electron chi connectivity index (χ2n) is 2.89. The second kappa shape index (κ2) is 5.45. The number of rotatable bonds is 4. The first-order valence-corrected chi connectivity index (χ1v) is 6.24. The van der Waals surface area contributed by atoms with Gasteiger partial charge in [0, 0.05) is 5.56 Å². The summed E-state index contributed by atoms with van der Waals surface area (Å²) in [5, 5.41) is 0.0104. The van der Waals surface area contributed by atoms with Gasteiger partial charge in [-0.2, -0.15) is 0 Å². The molecule has 0 saturated heterocycles. The van der Waals surface area contributed by atoms with Gasteiger partial charge in [-0.15, -0.1) is 22.9 Å². The van der Waals surface area contributed by atoms with Gasteiger partial charge in [-0.3, -0.25) is 0 Å². The quantitative estimate of drug-likeness (QED) is 0.623. The van der Waals surface area contributed by atoms with Crippen LogP contribution in [-0.2, 0) is 0 Å². The molecule has 0 aliphatic heterocycles. The zero-order valence-electron chi connectivity index (χ0n) is 7.32. The topological polar surface area (TPSA) is 0 Å². The van der Waals surface area contributed by atoms with Gasteiger partial charge in [0.2, 0.25) is 0 Å². The van der Waals surface area contributed by atoms with Crippen LogP contribution in [0.5, 0.6) is 0 Å². The fourth-order valence-electron chi connectivity index (χ4n) is 1.11. The molecule has 0 radical (unpaired) electrons. The lowest BCUT2D eigenvalue weighted by atomic mass is 10.1. The molecule has 0 saturated carbocycles. The van der Waals surface area contributed by atoms with Crippen molar-refractivity contribution in [2.45, 2.75) is 31.6 Å². The van der Waals surface area contributed by atoms with Crippen LogP contribution in [0.1, 0.15) is 37.1 Å². The van der Waals surface area contributed by atoms with E-state index in [-0.39, 0.29) is 5.38 Å². The number of halogens is 3. The first kappa shape index (κ1) is 11.6. The highest BCUT2D eigenvalue weighted by Crippen LogP contribution is 2.39. The molecule has 0 amide bonds. The van der Waals surface area contributed by atoms with E-state index < -0.39 is 0 Å². The van der Waals surface area contributed by atoms with Crippen LogP contribution in [0.4, 0.5) is 0 Å². The van der Waals surface area contributed by atoms with E-state index in [0.717, 1.165) is 29.2 Å². The van der Waals surface area contributed by atoms with Crippen molar-refractivity contribution in [1.29, 1.82) is 0 Å². The molecule has 0 spiro atoms. The summed E-state index contributed by atoms with van der Waals surface area (Å²) in [5.74, 6) is 0. The van der Waals surface area contributed by atoms with E-state index in [9.17, 15) is 0 Å². The van der Waals surface area contributed by atoms with Gasteiger partial charge in [-0.05, 0) is 12.5 Å². The zero-order valence-corrected chi connectivity index (χ0v) is 10.4. The first-order valence-electron chi connectivity index (χ1n) is 4.24. The molecule has 0 nitrogen and oxygen atoms in total. The summed E-state index contributed by atoms with van der Waals surface area (Å²) in [7, 11) is 0. The molecular formula is C9H11Cl3S. The Morgan fingerprint density at radius 1 is 1.46 bits per heavy atom. The van der Waals surface area contributed by atoms with E-state index in [0.29, 0.717) is 4.34 Å². The lowest BCUT2D eigenvalue weighted by molar-refractivity contribution is 0.702. The van der Waals surface area contributed by atoms with Gasteiger partial charge in [-0.1, -0.05) is 43.0 Å². The van der Waals surface area contributed by atoms with Crippen molar-refractivity contribution in [3.8, 4) is 0 Å². The molecule has 1 unspecified atom stereocenters. The van der Waals surface area contributed by atoms with E-state index in [1.807, 2.05) is 6.07 Å². The summed E-state index contributed by atoms with van der Waals surface area (Å²) >= 11 is 19.3. The van der Waals surface area contributed by atoms with Crippen molar-refractivity contribution in [3.05, 3.63) is 20.3 Å². The van der Waals surface area contributed by atoms with Gasteiger partial charge in [0.15, 0.2) is 0 Å². The minimum absolute atomic E-state index is 0.0104. The Bertz CT molecular complexity index is 270. The number of hydrogen-bond acceptors (Lipinski definition) is 1. The molecular weight excluding hydrogens is 247 g/mol. The summed E-state index contributed by atoms with van der Waals surface area (Å²) in [6.07, 6.45) is 3.24. The lowest BCUT2D eigenvalue weighted by Crippen LogP contribution is -1.88. The third-order valence-electron chi connectivity index (χ3n) is 1.83. The van der Waals surface area contributed by atoms with Gasteiger partial charge < -0.3 is 0 Å². The Hall–Kier alpha value is 0.570. The highest BCUT2D eigenvalue weighted by atomic mass is 35.5. The molecule has 13 heavy (non-hydrogen) atoms. The standard InChI is InChI=1S/C9H11Cl3S/c1-2-3-4-7(10)6-5-8(11)13-9(6)12/h5,7H,2-4H2,1H3. The smallest absolute Gasteiger partial charge is 0.0991 e. The fourth-order valence-corrected chi connectivity index (χ4v) is 3.13. The Kier molecular flexibility index (Phi) is 4.88. The molecule has 0 aliphatic rings. The molecule has 0 bridgehead atoms. The first-order chi connectivity index (χ1) is 6.15. The summed E-state index contributed by atoms with van der Waals surface area (Å²) in [6, 6.07) is 1.86. The molecule has 4 heteroatoms. The summed E-state index contributed by atoms with van der Waals surface area (Å²) in [4.78, 5) is 0. The second-order valence-corrected chi connectivity index (χ2v) is 5.70. The number of hydrogen-bond donors (Lipinski definition) is 0. The molecule has 74 valence electrons. The molecule has 1 heterocycles. The molecule has 0 N–H and O–H groups in total. The average Bonchev–Trinajstić information content (AvgIpc) is 2.41. The normalized spacial score (nSPS) is 13.2. The maximum absolute atomic E-state index is 6.17. The largest absolute Gasteiger partial charge is 0.118 e.